The predicted molar refractivity (Wildman–Crippen MR) is 109 cm³/mol. The van der Waals surface area contributed by atoms with E-state index in [4.69, 9.17) is 11.6 Å². The summed E-state index contributed by atoms with van der Waals surface area (Å²) in [5.41, 5.74) is 2.34. The van der Waals surface area contributed by atoms with E-state index in [0.29, 0.717) is 36.9 Å². The molecule has 0 bridgehead atoms. The number of benzene rings is 1. The zero-order chi connectivity index (χ0) is 21.1. The van der Waals surface area contributed by atoms with Crippen molar-refractivity contribution in [3.63, 3.8) is 0 Å². The minimum absolute atomic E-state index is 0.110. The van der Waals surface area contributed by atoms with Crippen LogP contribution < -0.4 is 5.32 Å². The molecule has 1 heterocycles. The lowest BCUT2D eigenvalue weighted by molar-refractivity contribution is -0.115. The first kappa shape index (κ1) is 22.4. The Bertz CT molecular complexity index is 859. The van der Waals surface area contributed by atoms with Crippen LogP contribution in [0.25, 0.3) is 0 Å². The zero-order valence-corrected chi connectivity index (χ0v) is 17.8. The molecule has 0 aliphatic carbocycles. The van der Waals surface area contributed by atoms with E-state index < -0.39 is 15.9 Å². The van der Waals surface area contributed by atoms with Gasteiger partial charge in [-0.2, -0.15) is 0 Å². The lowest BCUT2D eigenvalue weighted by Gasteiger charge is -2.38. The zero-order valence-electron chi connectivity index (χ0n) is 16.2. The standard InChI is InChI=1S/C18H26ClN3O5S/c1-12-10-21(5-6-22(12)18(24)25)11-14-8-15(19)9-16(13(14)2)20-17(23)4-7-28(3,26)27/h8-9,12H,4-7,10-11H2,1-3H3,(H,20,23)(H,24,25). The molecule has 156 valence electrons. The van der Waals surface area contributed by atoms with Gasteiger partial charge in [-0.15, -0.1) is 0 Å². The van der Waals surface area contributed by atoms with Gasteiger partial charge in [0.1, 0.15) is 9.84 Å². The highest BCUT2D eigenvalue weighted by molar-refractivity contribution is 7.90. The number of piperazine rings is 1. The molecule has 0 saturated carbocycles. The number of carbonyl (C=O) groups excluding carboxylic acids is 1. The van der Waals surface area contributed by atoms with E-state index in [9.17, 15) is 23.1 Å². The molecule has 2 amide bonds. The first-order chi connectivity index (χ1) is 13.0. The molecule has 0 radical (unpaired) electrons. The summed E-state index contributed by atoms with van der Waals surface area (Å²) in [7, 11) is -3.21. The number of hydrogen-bond acceptors (Lipinski definition) is 5. The highest BCUT2D eigenvalue weighted by Crippen LogP contribution is 2.27. The summed E-state index contributed by atoms with van der Waals surface area (Å²) < 4.78 is 22.5. The normalized spacial score (nSPS) is 18.1. The Hall–Kier alpha value is -1.84. The maximum Gasteiger partial charge on any atom is 0.407 e. The van der Waals surface area contributed by atoms with Crippen LogP contribution >= 0.6 is 11.6 Å². The van der Waals surface area contributed by atoms with E-state index in [-0.39, 0.29) is 24.1 Å². The number of halogens is 1. The molecule has 1 unspecified atom stereocenters. The maximum absolute atomic E-state index is 12.1. The summed E-state index contributed by atoms with van der Waals surface area (Å²) in [6.07, 6.45) is 0.0632. The van der Waals surface area contributed by atoms with Crippen LogP contribution in [0.1, 0.15) is 24.5 Å². The summed E-state index contributed by atoms with van der Waals surface area (Å²) in [4.78, 5) is 26.9. The molecule has 0 spiro atoms. The van der Waals surface area contributed by atoms with Gasteiger partial charge in [-0.05, 0) is 37.1 Å². The number of nitrogens with zero attached hydrogens (tertiary/aromatic N) is 2. The second-order valence-electron chi connectivity index (χ2n) is 7.23. The van der Waals surface area contributed by atoms with Crippen molar-refractivity contribution in [1.29, 1.82) is 0 Å². The number of nitrogens with one attached hydrogen (secondary N) is 1. The van der Waals surface area contributed by atoms with Crippen molar-refractivity contribution in [3.05, 3.63) is 28.3 Å². The molecule has 1 aliphatic rings. The van der Waals surface area contributed by atoms with Gasteiger partial charge in [-0.1, -0.05) is 11.6 Å². The number of sulfone groups is 1. The van der Waals surface area contributed by atoms with E-state index in [1.165, 1.54) is 4.90 Å². The molecule has 28 heavy (non-hydrogen) atoms. The van der Waals surface area contributed by atoms with Gasteiger partial charge in [-0.3, -0.25) is 9.69 Å². The Balaban J connectivity index is 2.08. The first-order valence-electron chi connectivity index (χ1n) is 8.95. The third-order valence-electron chi connectivity index (χ3n) is 4.81. The first-order valence-corrected chi connectivity index (χ1v) is 11.4. The van der Waals surface area contributed by atoms with E-state index in [1.807, 2.05) is 19.9 Å². The smallest absolute Gasteiger partial charge is 0.407 e. The highest BCUT2D eigenvalue weighted by Gasteiger charge is 2.27. The summed E-state index contributed by atoms with van der Waals surface area (Å²) in [6, 6.07) is 3.36. The molecule has 1 atom stereocenters. The SMILES string of the molecule is Cc1c(CN2CCN(C(=O)O)C(C)C2)cc(Cl)cc1NC(=O)CCS(C)(=O)=O. The minimum atomic E-state index is -3.21. The van der Waals surface area contributed by atoms with Gasteiger partial charge in [0.15, 0.2) is 0 Å². The van der Waals surface area contributed by atoms with E-state index in [2.05, 4.69) is 10.2 Å². The molecule has 1 aromatic carbocycles. The Morgan fingerprint density at radius 2 is 2.00 bits per heavy atom. The number of rotatable bonds is 6. The number of carboxylic acid groups (broad SMARTS) is 1. The Morgan fingerprint density at radius 3 is 2.57 bits per heavy atom. The van der Waals surface area contributed by atoms with Crippen molar-refractivity contribution in [1.82, 2.24) is 9.80 Å². The van der Waals surface area contributed by atoms with Gasteiger partial charge >= 0.3 is 6.09 Å². The molecule has 10 heteroatoms. The van der Waals surface area contributed by atoms with E-state index in [0.717, 1.165) is 17.4 Å². The van der Waals surface area contributed by atoms with Crippen molar-refractivity contribution in [2.75, 3.05) is 37.0 Å². The monoisotopic (exact) mass is 431 g/mol. The van der Waals surface area contributed by atoms with Gasteiger partial charge in [0, 0.05) is 55.6 Å². The molecule has 1 aliphatic heterocycles. The fraction of sp³-hybridized carbons (Fsp3) is 0.556. The van der Waals surface area contributed by atoms with Crippen molar-refractivity contribution in [2.24, 2.45) is 0 Å². The molecule has 8 nitrogen and oxygen atoms in total. The summed E-state index contributed by atoms with van der Waals surface area (Å²) >= 11 is 6.21. The van der Waals surface area contributed by atoms with Crippen LogP contribution in [0, 0.1) is 6.92 Å². The minimum Gasteiger partial charge on any atom is -0.465 e. The number of hydrogen-bond donors (Lipinski definition) is 2. The second kappa shape index (κ2) is 9.11. The van der Waals surface area contributed by atoms with Crippen LogP contribution in [0.3, 0.4) is 0 Å². The lowest BCUT2D eigenvalue weighted by atomic mass is 10.0. The fourth-order valence-corrected chi connectivity index (χ4v) is 4.02. The number of carbonyl (C=O) groups is 2. The van der Waals surface area contributed by atoms with Crippen molar-refractivity contribution >= 4 is 39.1 Å². The summed E-state index contributed by atoms with van der Waals surface area (Å²) in [6.45, 7) is 5.97. The van der Waals surface area contributed by atoms with Crippen LogP contribution in [0.4, 0.5) is 10.5 Å². The van der Waals surface area contributed by atoms with Crippen LogP contribution in [0.5, 0.6) is 0 Å². The third-order valence-corrected chi connectivity index (χ3v) is 5.97. The molecular weight excluding hydrogens is 406 g/mol. The van der Waals surface area contributed by atoms with Crippen molar-refractivity contribution in [2.45, 2.75) is 32.9 Å². The summed E-state index contributed by atoms with van der Waals surface area (Å²) in [5, 5.41) is 12.4. The molecule has 0 aromatic heterocycles. The largest absolute Gasteiger partial charge is 0.465 e. The van der Waals surface area contributed by atoms with Crippen LogP contribution in [-0.4, -0.2) is 73.0 Å². The third kappa shape index (κ3) is 6.35. The van der Waals surface area contributed by atoms with Gasteiger partial charge in [-0.25, -0.2) is 13.2 Å². The predicted octanol–water partition coefficient (Wildman–Crippen LogP) is 2.21. The van der Waals surface area contributed by atoms with E-state index >= 15 is 0 Å². The van der Waals surface area contributed by atoms with Gasteiger partial charge in [0.25, 0.3) is 0 Å². The number of anilines is 1. The molecule has 2 rings (SSSR count). The maximum atomic E-state index is 12.1. The molecule has 1 fully saturated rings. The summed E-state index contributed by atoms with van der Waals surface area (Å²) in [5.74, 6) is -0.595. The number of amides is 2. The van der Waals surface area contributed by atoms with E-state index in [1.54, 1.807) is 6.07 Å². The van der Waals surface area contributed by atoms with Crippen LogP contribution in [0.15, 0.2) is 12.1 Å². The van der Waals surface area contributed by atoms with Gasteiger partial charge in [0.2, 0.25) is 5.91 Å². The fourth-order valence-electron chi connectivity index (χ4n) is 3.22. The molecular formula is C18H26ClN3O5S. The quantitative estimate of drug-likeness (QED) is 0.715. The Morgan fingerprint density at radius 1 is 1.32 bits per heavy atom. The van der Waals surface area contributed by atoms with Crippen molar-refractivity contribution in [3.8, 4) is 0 Å². The van der Waals surface area contributed by atoms with Crippen LogP contribution in [-0.2, 0) is 21.2 Å². The topological polar surface area (TPSA) is 107 Å². The Kier molecular flexibility index (Phi) is 7.30. The average molecular weight is 432 g/mol. The average Bonchev–Trinajstić information content (AvgIpc) is 2.56. The van der Waals surface area contributed by atoms with Crippen LogP contribution in [0.2, 0.25) is 5.02 Å². The Labute approximate surface area is 170 Å². The molecule has 2 N–H and O–H groups in total. The molecule has 1 aromatic rings. The highest BCUT2D eigenvalue weighted by atomic mass is 35.5. The lowest BCUT2D eigenvalue weighted by Crippen LogP contribution is -2.53. The second-order valence-corrected chi connectivity index (χ2v) is 9.92. The van der Waals surface area contributed by atoms with Gasteiger partial charge < -0.3 is 15.3 Å². The van der Waals surface area contributed by atoms with Gasteiger partial charge in [0.05, 0.1) is 5.75 Å². The molecule has 1 saturated heterocycles. The van der Waals surface area contributed by atoms with Crippen molar-refractivity contribution < 1.29 is 23.1 Å².